The van der Waals surface area contributed by atoms with Gasteiger partial charge in [0.1, 0.15) is 0 Å². The first kappa shape index (κ1) is 13.2. The molecule has 2 atom stereocenters. The Kier molecular flexibility index (Phi) is 4.15. The van der Waals surface area contributed by atoms with Gasteiger partial charge in [-0.25, -0.2) is 0 Å². The van der Waals surface area contributed by atoms with Gasteiger partial charge in [0, 0.05) is 11.6 Å². The first-order valence-electron chi connectivity index (χ1n) is 6.56. The van der Waals surface area contributed by atoms with Gasteiger partial charge in [-0.05, 0) is 31.9 Å². The van der Waals surface area contributed by atoms with Crippen LogP contribution in [-0.4, -0.2) is 41.5 Å². The van der Waals surface area contributed by atoms with Crippen molar-refractivity contribution in [2.45, 2.75) is 26.3 Å². The monoisotopic (exact) mass is 247 g/mol. The number of nitrogens with zero attached hydrogens (tertiary/aromatic N) is 1. The van der Waals surface area contributed by atoms with E-state index in [9.17, 15) is 9.90 Å². The molecular weight excluding hydrogens is 226 g/mol. The zero-order valence-corrected chi connectivity index (χ0v) is 11.1. The minimum Gasteiger partial charge on any atom is -0.395 e. The molecule has 98 valence electrons. The van der Waals surface area contributed by atoms with E-state index in [1.807, 2.05) is 31.2 Å². The Bertz CT molecular complexity index is 430. The maximum atomic E-state index is 12.2. The predicted molar refractivity (Wildman–Crippen MR) is 71.7 cm³/mol. The average Bonchev–Trinajstić information content (AvgIpc) is 2.69. The van der Waals surface area contributed by atoms with Crippen molar-refractivity contribution in [3.8, 4) is 0 Å². The van der Waals surface area contributed by atoms with Crippen molar-refractivity contribution in [1.29, 1.82) is 0 Å². The second-order valence-electron chi connectivity index (χ2n) is 5.28. The van der Waals surface area contributed by atoms with Crippen LogP contribution in [0.5, 0.6) is 0 Å². The number of benzene rings is 1. The normalized spacial score (nSPS) is 24.4. The van der Waals surface area contributed by atoms with Crippen LogP contribution in [0.3, 0.4) is 0 Å². The van der Waals surface area contributed by atoms with Gasteiger partial charge in [0.2, 0.25) is 0 Å². The molecule has 2 rings (SSSR count). The predicted octanol–water partition coefficient (Wildman–Crippen LogP) is 1.88. The van der Waals surface area contributed by atoms with E-state index in [4.69, 9.17) is 0 Å². The molecule has 1 N–H and O–H groups in total. The van der Waals surface area contributed by atoms with Crippen molar-refractivity contribution in [3.63, 3.8) is 0 Å². The lowest BCUT2D eigenvalue weighted by Crippen LogP contribution is -2.38. The average molecular weight is 247 g/mol. The molecule has 1 aliphatic heterocycles. The summed E-state index contributed by atoms with van der Waals surface area (Å²) >= 11 is 0. The van der Waals surface area contributed by atoms with E-state index in [1.165, 1.54) is 0 Å². The van der Waals surface area contributed by atoms with Gasteiger partial charge in [0.25, 0.3) is 0 Å². The van der Waals surface area contributed by atoms with Gasteiger partial charge in [-0.15, -0.1) is 0 Å². The topological polar surface area (TPSA) is 40.5 Å². The van der Waals surface area contributed by atoms with Gasteiger partial charge in [-0.3, -0.25) is 9.69 Å². The van der Waals surface area contributed by atoms with Crippen LogP contribution >= 0.6 is 0 Å². The van der Waals surface area contributed by atoms with Gasteiger partial charge in [0.05, 0.1) is 13.2 Å². The Balaban J connectivity index is 2.03. The Labute approximate surface area is 108 Å². The van der Waals surface area contributed by atoms with E-state index < -0.39 is 0 Å². The van der Waals surface area contributed by atoms with E-state index in [0.717, 1.165) is 24.1 Å². The van der Waals surface area contributed by atoms with Crippen molar-refractivity contribution in [2.24, 2.45) is 5.92 Å². The Morgan fingerprint density at radius 2 is 2.28 bits per heavy atom. The van der Waals surface area contributed by atoms with Crippen molar-refractivity contribution >= 4 is 5.78 Å². The molecule has 2 unspecified atom stereocenters. The highest BCUT2D eigenvalue weighted by Gasteiger charge is 2.31. The van der Waals surface area contributed by atoms with Gasteiger partial charge in [-0.1, -0.05) is 30.7 Å². The Hall–Kier alpha value is -1.19. The fraction of sp³-hybridized carbons (Fsp3) is 0.533. The number of rotatable bonds is 4. The van der Waals surface area contributed by atoms with Crippen molar-refractivity contribution < 1.29 is 9.90 Å². The van der Waals surface area contributed by atoms with Crippen molar-refractivity contribution in [2.75, 3.05) is 19.7 Å². The smallest absolute Gasteiger partial charge is 0.176 e. The number of carbonyl (C=O) groups excluding carboxylic acids is 1. The summed E-state index contributed by atoms with van der Waals surface area (Å²) in [6.07, 6.45) is 1.06. The van der Waals surface area contributed by atoms with Crippen LogP contribution in [0.2, 0.25) is 0 Å². The molecule has 1 fully saturated rings. The van der Waals surface area contributed by atoms with Crippen molar-refractivity contribution in [1.82, 2.24) is 4.90 Å². The van der Waals surface area contributed by atoms with E-state index in [1.54, 1.807) is 0 Å². The number of Topliss-reactive ketones (excluding diaryl/α,β-unsaturated/α-hetero) is 1. The second kappa shape index (κ2) is 5.63. The molecular formula is C15H21NO2. The highest BCUT2D eigenvalue weighted by atomic mass is 16.3. The molecule has 0 bridgehead atoms. The summed E-state index contributed by atoms with van der Waals surface area (Å²) in [6, 6.07) is 7.83. The maximum Gasteiger partial charge on any atom is 0.176 e. The third kappa shape index (κ3) is 2.79. The van der Waals surface area contributed by atoms with Gasteiger partial charge in [-0.2, -0.15) is 0 Å². The lowest BCUT2D eigenvalue weighted by atomic mass is 10.0. The van der Waals surface area contributed by atoms with E-state index in [-0.39, 0.29) is 18.4 Å². The first-order chi connectivity index (χ1) is 8.61. The number of ketones is 1. The number of aliphatic hydroxyl groups is 1. The number of aliphatic hydroxyl groups excluding tert-OH is 1. The summed E-state index contributed by atoms with van der Waals surface area (Å²) < 4.78 is 0. The zero-order valence-electron chi connectivity index (χ0n) is 11.1. The maximum absolute atomic E-state index is 12.2. The van der Waals surface area contributed by atoms with Gasteiger partial charge in [0.15, 0.2) is 5.78 Å². The molecule has 0 amide bonds. The highest BCUT2D eigenvalue weighted by Crippen LogP contribution is 2.23. The number of hydrogen-bond acceptors (Lipinski definition) is 3. The minimum absolute atomic E-state index is 0.138. The number of hydrogen-bond donors (Lipinski definition) is 1. The van der Waals surface area contributed by atoms with Crippen molar-refractivity contribution in [3.05, 3.63) is 35.4 Å². The molecule has 18 heavy (non-hydrogen) atoms. The summed E-state index contributed by atoms with van der Waals surface area (Å²) in [5.74, 6) is 0.617. The molecule has 0 saturated carbocycles. The standard InChI is InChI=1S/C15H21NO2/c1-11-4-3-5-13(8-11)15(18)9-16-7-6-12(2)14(16)10-17/h3-5,8,12,14,17H,6-7,9-10H2,1-2H3. The SMILES string of the molecule is Cc1cccc(C(=O)CN2CCC(C)C2CO)c1. The molecule has 1 heterocycles. The van der Waals surface area contributed by atoms with Crippen LogP contribution < -0.4 is 0 Å². The molecule has 0 aromatic heterocycles. The van der Waals surface area contributed by atoms with Gasteiger partial charge >= 0.3 is 0 Å². The molecule has 3 nitrogen and oxygen atoms in total. The Morgan fingerprint density at radius 3 is 2.94 bits per heavy atom. The molecule has 0 spiro atoms. The highest BCUT2D eigenvalue weighted by molar-refractivity contribution is 5.97. The van der Waals surface area contributed by atoms with Crippen LogP contribution in [-0.2, 0) is 0 Å². The lowest BCUT2D eigenvalue weighted by molar-refractivity contribution is 0.0866. The fourth-order valence-electron chi connectivity index (χ4n) is 2.67. The summed E-state index contributed by atoms with van der Waals surface area (Å²) in [4.78, 5) is 14.3. The van der Waals surface area contributed by atoms with Crippen LogP contribution in [0.4, 0.5) is 0 Å². The van der Waals surface area contributed by atoms with Crippen LogP contribution in [0.15, 0.2) is 24.3 Å². The minimum atomic E-state index is 0.138. The van der Waals surface area contributed by atoms with E-state index >= 15 is 0 Å². The second-order valence-corrected chi connectivity index (χ2v) is 5.28. The Morgan fingerprint density at radius 1 is 1.50 bits per heavy atom. The van der Waals surface area contributed by atoms with Crippen LogP contribution in [0.25, 0.3) is 0 Å². The molecule has 1 aliphatic rings. The molecule has 0 aliphatic carbocycles. The molecule has 1 aromatic carbocycles. The van der Waals surface area contributed by atoms with Gasteiger partial charge < -0.3 is 5.11 Å². The molecule has 3 heteroatoms. The van der Waals surface area contributed by atoms with E-state index in [2.05, 4.69) is 11.8 Å². The third-order valence-corrected chi connectivity index (χ3v) is 3.87. The summed E-state index contributed by atoms with van der Waals surface area (Å²) in [5.41, 5.74) is 1.88. The quantitative estimate of drug-likeness (QED) is 0.826. The van der Waals surface area contributed by atoms with Crippen LogP contribution in [0, 0.1) is 12.8 Å². The third-order valence-electron chi connectivity index (χ3n) is 3.87. The largest absolute Gasteiger partial charge is 0.395 e. The van der Waals surface area contributed by atoms with E-state index in [0.29, 0.717) is 12.5 Å². The summed E-state index contributed by atoms with van der Waals surface area (Å²) in [6.45, 7) is 5.59. The summed E-state index contributed by atoms with van der Waals surface area (Å²) in [5, 5.41) is 9.38. The number of carbonyl (C=O) groups is 1. The molecule has 0 radical (unpaired) electrons. The molecule has 1 aromatic rings. The first-order valence-corrected chi connectivity index (χ1v) is 6.56. The lowest BCUT2D eigenvalue weighted by Gasteiger charge is -2.24. The summed E-state index contributed by atoms with van der Waals surface area (Å²) in [7, 11) is 0. The number of likely N-dealkylation sites (tertiary alicyclic amines) is 1. The zero-order chi connectivity index (χ0) is 13.1. The molecule has 1 saturated heterocycles. The van der Waals surface area contributed by atoms with Crippen LogP contribution in [0.1, 0.15) is 29.3 Å². The number of aryl methyl sites for hydroxylation is 1. The fourth-order valence-corrected chi connectivity index (χ4v) is 2.67.